The molecule has 0 aliphatic rings. The molecule has 3 aromatic heterocycles. The molecular weight excluding hydrogens is 553 g/mol. The van der Waals surface area contributed by atoms with Gasteiger partial charge in [-0.25, -0.2) is 5.26 Å². The number of benzene rings is 1. The summed E-state index contributed by atoms with van der Waals surface area (Å²) >= 11 is 0. The molecule has 30 heavy (non-hydrogen) atoms. The third-order valence-electron chi connectivity index (χ3n) is 4.98. The van der Waals surface area contributed by atoms with Crippen LogP contribution in [0.5, 0.6) is 0 Å². The summed E-state index contributed by atoms with van der Waals surface area (Å²) in [6.45, 7) is 6.17. The molecule has 0 bridgehead atoms. The third kappa shape index (κ3) is 4.10. The molecule has 0 fully saturated rings. The summed E-state index contributed by atoms with van der Waals surface area (Å²) < 4.78 is 1.77. The van der Waals surface area contributed by atoms with Gasteiger partial charge in [0.25, 0.3) is 0 Å². The second kappa shape index (κ2) is 8.73. The van der Waals surface area contributed by atoms with Gasteiger partial charge in [0.15, 0.2) is 0 Å². The number of nitriles is 1. The fourth-order valence-electron chi connectivity index (χ4n) is 3.17. The standard InChI is InChI=1S/C24H19N5.Pt/c1-17-20(6-5-14-26-17)21-7-4-8-22(27-21)24(2,3)23-13-15-29(28-23)19-11-9-18(16-25)10-12-19;/h4-5,7-11,13-15H,1-3H3;/q-2;+2. The number of nitrogens with zero attached hydrogens (tertiary/aromatic N) is 5. The molecule has 0 aliphatic heterocycles. The van der Waals surface area contributed by atoms with Crippen molar-refractivity contribution >= 4 is 0 Å². The molecule has 0 N–H and O–H groups in total. The fourth-order valence-corrected chi connectivity index (χ4v) is 3.17. The Balaban J connectivity index is 0.00000256. The summed E-state index contributed by atoms with van der Waals surface area (Å²) in [6, 6.07) is 23.5. The number of aryl methyl sites for hydroxylation is 1. The summed E-state index contributed by atoms with van der Waals surface area (Å²) in [6.07, 6.45) is 3.64. The summed E-state index contributed by atoms with van der Waals surface area (Å²) in [5.41, 5.74) is 5.43. The van der Waals surface area contributed by atoms with Gasteiger partial charge in [0.2, 0.25) is 0 Å². The van der Waals surface area contributed by atoms with Crippen LogP contribution in [0.15, 0.2) is 60.9 Å². The van der Waals surface area contributed by atoms with Crippen LogP contribution in [0.4, 0.5) is 0 Å². The van der Waals surface area contributed by atoms with Crippen molar-refractivity contribution in [1.82, 2.24) is 19.7 Å². The summed E-state index contributed by atoms with van der Waals surface area (Å²) in [5.74, 6) is 0. The van der Waals surface area contributed by atoms with E-state index in [9.17, 15) is 0 Å². The van der Waals surface area contributed by atoms with Crippen LogP contribution in [0, 0.1) is 30.4 Å². The van der Waals surface area contributed by atoms with Crippen LogP contribution in [0.25, 0.3) is 16.9 Å². The zero-order chi connectivity index (χ0) is 20.4. The number of aromatic nitrogens is 4. The van der Waals surface area contributed by atoms with Gasteiger partial charge < -0.3 is 9.97 Å². The molecule has 4 rings (SSSR count). The normalized spacial score (nSPS) is 10.9. The average Bonchev–Trinajstić information content (AvgIpc) is 3.25. The molecule has 5 nitrogen and oxygen atoms in total. The molecule has 0 saturated carbocycles. The molecule has 4 aromatic rings. The predicted octanol–water partition coefficient (Wildman–Crippen LogP) is 4.43. The van der Waals surface area contributed by atoms with Gasteiger partial charge in [0.05, 0.1) is 11.1 Å². The van der Waals surface area contributed by atoms with E-state index in [4.69, 9.17) is 15.3 Å². The monoisotopic (exact) mass is 572 g/mol. The Morgan fingerprint density at radius 1 is 1.07 bits per heavy atom. The quantitative estimate of drug-likeness (QED) is 0.340. The van der Waals surface area contributed by atoms with E-state index in [0.29, 0.717) is 5.56 Å². The van der Waals surface area contributed by atoms with Crippen LogP contribution in [0.2, 0.25) is 0 Å². The minimum atomic E-state index is -0.399. The van der Waals surface area contributed by atoms with Crippen molar-refractivity contribution in [2.24, 2.45) is 0 Å². The molecule has 6 heteroatoms. The molecule has 150 valence electrons. The van der Waals surface area contributed by atoms with Crippen LogP contribution in [0.1, 0.15) is 36.5 Å². The van der Waals surface area contributed by atoms with Crippen LogP contribution < -0.4 is 0 Å². The first-order valence-electron chi connectivity index (χ1n) is 9.28. The van der Waals surface area contributed by atoms with Gasteiger partial charge in [-0.15, -0.1) is 23.8 Å². The molecule has 0 unspecified atom stereocenters. The Kier molecular flexibility index (Phi) is 6.29. The third-order valence-corrected chi connectivity index (χ3v) is 4.98. The van der Waals surface area contributed by atoms with Crippen LogP contribution >= 0.6 is 0 Å². The van der Waals surface area contributed by atoms with E-state index in [-0.39, 0.29) is 21.1 Å². The van der Waals surface area contributed by atoms with E-state index >= 15 is 0 Å². The fraction of sp³-hybridized carbons (Fsp3) is 0.167. The average molecular weight is 573 g/mol. The SMILES string of the molecule is Cc1ncc[c-]c1-c1cccc(C(C)(C)c2ccn(-c3[c-]cc(C#N)cc3)n2)n1.[Pt+2]. The molecule has 0 radical (unpaired) electrons. The Morgan fingerprint density at radius 2 is 1.90 bits per heavy atom. The van der Waals surface area contributed by atoms with Gasteiger partial charge in [-0.05, 0) is 43.1 Å². The van der Waals surface area contributed by atoms with Gasteiger partial charge in [0.1, 0.15) is 0 Å². The van der Waals surface area contributed by atoms with Gasteiger partial charge >= 0.3 is 21.1 Å². The Hall–Kier alpha value is -3.09. The predicted molar refractivity (Wildman–Crippen MR) is 110 cm³/mol. The first-order chi connectivity index (χ1) is 14.0. The van der Waals surface area contributed by atoms with Crippen molar-refractivity contribution in [3.63, 3.8) is 0 Å². The Morgan fingerprint density at radius 3 is 2.60 bits per heavy atom. The van der Waals surface area contributed by atoms with E-state index in [1.54, 1.807) is 29.1 Å². The van der Waals surface area contributed by atoms with E-state index < -0.39 is 5.41 Å². The molecule has 0 atom stereocenters. The maximum Gasteiger partial charge on any atom is 2.00 e. The smallest absolute Gasteiger partial charge is 0.357 e. The van der Waals surface area contributed by atoms with Crippen LogP contribution in [-0.4, -0.2) is 19.7 Å². The largest absolute Gasteiger partial charge is 2.00 e. The van der Waals surface area contributed by atoms with Crippen molar-refractivity contribution < 1.29 is 21.1 Å². The second-order valence-corrected chi connectivity index (χ2v) is 7.30. The molecule has 0 spiro atoms. The minimum absolute atomic E-state index is 0. The van der Waals surface area contributed by atoms with E-state index in [2.05, 4.69) is 37.0 Å². The summed E-state index contributed by atoms with van der Waals surface area (Å²) in [4.78, 5) is 9.24. The van der Waals surface area contributed by atoms with Gasteiger partial charge in [-0.3, -0.25) is 4.68 Å². The minimum Gasteiger partial charge on any atom is -0.357 e. The summed E-state index contributed by atoms with van der Waals surface area (Å²) in [7, 11) is 0. The summed E-state index contributed by atoms with van der Waals surface area (Å²) in [5, 5.41) is 13.7. The number of pyridine rings is 2. The first kappa shape index (κ1) is 21.6. The molecular formula is C24H19N5Pt. The molecule has 0 aliphatic carbocycles. The van der Waals surface area contributed by atoms with Crippen molar-refractivity contribution in [3.8, 4) is 23.0 Å². The molecule has 3 heterocycles. The van der Waals surface area contributed by atoms with Crippen LogP contribution in [0.3, 0.4) is 0 Å². The number of hydrogen-bond donors (Lipinski definition) is 0. The maximum atomic E-state index is 8.95. The molecule has 1 aromatic carbocycles. The topological polar surface area (TPSA) is 67.4 Å². The van der Waals surface area contributed by atoms with Crippen molar-refractivity contribution in [3.05, 3.63) is 95.7 Å². The van der Waals surface area contributed by atoms with Gasteiger partial charge in [-0.2, -0.15) is 23.3 Å². The Bertz CT molecular complexity index is 1200. The zero-order valence-corrected chi connectivity index (χ0v) is 19.1. The van der Waals surface area contributed by atoms with E-state index in [0.717, 1.165) is 34.0 Å². The van der Waals surface area contributed by atoms with Crippen molar-refractivity contribution in [2.45, 2.75) is 26.2 Å². The van der Waals surface area contributed by atoms with Gasteiger partial charge in [0, 0.05) is 18.0 Å². The number of hydrogen-bond acceptors (Lipinski definition) is 4. The Labute approximate surface area is 190 Å². The molecule has 0 amide bonds. The van der Waals surface area contributed by atoms with Gasteiger partial charge in [-0.1, -0.05) is 30.8 Å². The van der Waals surface area contributed by atoms with Crippen molar-refractivity contribution in [1.29, 1.82) is 5.26 Å². The van der Waals surface area contributed by atoms with E-state index in [1.807, 2.05) is 43.5 Å². The van der Waals surface area contributed by atoms with Crippen LogP contribution in [-0.2, 0) is 26.5 Å². The zero-order valence-electron chi connectivity index (χ0n) is 16.8. The van der Waals surface area contributed by atoms with E-state index in [1.165, 1.54) is 0 Å². The first-order valence-corrected chi connectivity index (χ1v) is 9.28. The molecule has 0 saturated heterocycles. The maximum absolute atomic E-state index is 8.95. The number of rotatable bonds is 4. The van der Waals surface area contributed by atoms with Crippen molar-refractivity contribution in [2.75, 3.05) is 0 Å². The second-order valence-electron chi connectivity index (χ2n) is 7.30.